The van der Waals surface area contributed by atoms with Crippen LogP contribution in [0.5, 0.6) is 5.75 Å². The number of amides is 1. The molecule has 20 heavy (non-hydrogen) atoms. The second-order valence-electron chi connectivity index (χ2n) is 4.77. The van der Waals surface area contributed by atoms with Gasteiger partial charge >= 0.3 is 0 Å². The monoisotopic (exact) mass is 280 g/mol. The molecular formula is C14H17FN2O3. The fraction of sp³-hybridized carbons (Fsp3) is 0.429. The summed E-state index contributed by atoms with van der Waals surface area (Å²) in [6.07, 6.45) is 2.32. The van der Waals surface area contributed by atoms with E-state index in [-0.39, 0.29) is 24.6 Å². The zero-order valence-electron chi connectivity index (χ0n) is 11.2. The number of hydrogen-bond donors (Lipinski definition) is 2. The zero-order chi connectivity index (χ0) is 14.5. The van der Waals surface area contributed by atoms with Gasteiger partial charge in [0, 0.05) is 11.6 Å². The Morgan fingerprint density at radius 1 is 1.55 bits per heavy atom. The number of halogens is 1. The van der Waals surface area contributed by atoms with Crippen molar-refractivity contribution in [1.29, 1.82) is 0 Å². The molecule has 1 aromatic rings. The number of hydrogen-bond acceptors (Lipinski definition) is 4. The van der Waals surface area contributed by atoms with Gasteiger partial charge in [-0.05, 0) is 38.0 Å². The summed E-state index contributed by atoms with van der Waals surface area (Å²) >= 11 is 0. The van der Waals surface area contributed by atoms with Gasteiger partial charge in [-0.25, -0.2) is 4.39 Å². The lowest BCUT2D eigenvalue weighted by atomic mass is 10.1. The Hall–Kier alpha value is -2.11. The van der Waals surface area contributed by atoms with E-state index in [2.05, 4.69) is 10.5 Å². The predicted octanol–water partition coefficient (Wildman–Crippen LogP) is 2.07. The molecule has 1 aliphatic rings. The molecule has 6 heteroatoms. The Morgan fingerprint density at radius 3 is 2.95 bits per heavy atom. The second kappa shape index (κ2) is 6.36. The van der Waals surface area contributed by atoms with E-state index in [0.29, 0.717) is 17.4 Å². The molecule has 0 bridgehead atoms. The van der Waals surface area contributed by atoms with Gasteiger partial charge in [0.05, 0.1) is 18.7 Å². The third-order valence-electron chi connectivity index (χ3n) is 3.01. The van der Waals surface area contributed by atoms with Gasteiger partial charge in [-0.2, -0.15) is 0 Å². The lowest BCUT2D eigenvalue weighted by Gasteiger charge is -2.11. The standard InChI is InChI=1S/C14H17FN2O3/c1-9(17-19)12-8-10(15)2-5-13(12)20-7-6-14(18)16-11-3-4-11/h2,5,8,11,19H,3-4,6-7H2,1H3,(H,16,18)/b17-9-. The van der Waals surface area contributed by atoms with E-state index in [1.807, 2.05) is 0 Å². The van der Waals surface area contributed by atoms with Gasteiger partial charge in [-0.3, -0.25) is 4.79 Å². The first-order chi connectivity index (χ1) is 9.60. The maximum atomic E-state index is 13.2. The summed E-state index contributed by atoms with van der Waals surface area (Å²) in [4.78, 5) is 11.5. The molecule has 0 heterocycles. The maximum Gasteiger partial charge on any atom is 0.223 e. The van der Waals surface area contributed by atoms with Crippen LogP contribution in [0.2, 0.25) is 0 Å². The molecule has 0 aliphatic heterocycles. The van der Waals surface area contributed by atoms with E-state index in [1.165, 1.54) is 18.2 Å². The number of nitrogens with zero attached hydrogens (tertiary/aromatic N) is 1. The molecule has 0 atom stereocenters. The van der Waals surface area contributed by atoms with E-state index < -0.39 is 5.82 Å². The number of carbonyl (C=O) groups is 1. The second-order valence-corrected chi connectivity index (χ2v) is 4.77. The van der Waals surface area contributed by atoms with Crippen molar-refractivity contribution in [3.63, 3.8) is 0 Å². The number of oxime groups is 1. The molecule has 5 nitrogen and oxygen atoms in total. The summed E-state index contributed by atoms with van der Waals surface area (Å²) in [6.45, 7) is 1.73. The molecule has 2 N–H and O–H groups in total. The molecule has 0 unspecified atom stereocenters. The number of benzene rings is 1. The van der Waals surface area contributed by atoms with Crippen LogP contribution < -0.4 is 10.1 Å². The van der Waals surface area contributed by atoms with Crippen LogP contribution in [0.15, 0.2) is 23.4 Å². The number of carbonyl (C=O) groups excluding carboxylic acids is 1. The third kappa shape index (κ3) is 3.94. The van der Waals surface area contributed by atoms with Crippen molar-refractivity contribution in [3.8, 4) is 5.75 Å². The van der Waals surface area contributed by atoms with E-state index in [9.17, 15) is 9.18 Å². The lowest BCUT2D eigenvalue weighted by molar-refractivity contribution is -0.121. The maximum absolute atomic E-state index is 13.2. The van der Waals surface area contributed by atoms with Crippen LogP contribution in [0.4, 0.5) is 4.39 Å². The van der Waals surface area contributed by atoms with Gasteiger partial charge in [0.15, 0.2) is 0 Å². The van der Waals surface area contributed by atoms with Crippen LogP contribution in [0.3, 0.4) is 0 Å². The summed E-state index contributed by atoms with van der Waals surface area (Å²) < 4.78 is 18.7. The topological polar surface area (TPSA) is 70.9 Å². The molecule has 108 valence electrons. The highest BCUT2D eigenvalue weighted by Gasteiger charge is 2.22. The highest BCUT2D eigenvalue weighted by atomic mass is 19.1. The summed E-state index contributed by atoms with van der Waals surface area (Å²) in [6, 6.07) is 4.27. The first kappa shape index (κ1) is 14.3. The van der Waals surface area contributed by atoms with Crippen LogP contribution in [0, 0.1) is 5.82 Å². The van der Waals surface area contributed by atoms with Gasteiger partial charge in [-0.15, -0.1) is 0 Å². The molecule has 0 saturated heterocycles. The van der Waals surface area contributed by atoms with Crippen molar-refractivity contribution in [2.24, 2.45) is 5.16 Å². The first-order valence-corrected chi connectivity index (χ1v) is 6.51. The molecule has 1 fully saturated rings. The molecule has 1 amide bonds. The molecule has 2 rings (SSSR count). The first-order valence-electron chi connectivity index (χ1n) is 6.51. The number of ether oxygens (including phenoxy) is 1. The summed E-state index contributed by atoms with van der Waals surface area (Å²) in [5.74, 6) is -0.105. The Labute approximate surface area is 116 Å². The van der Waals surface area contributed by atoms with Gasteiger partial charge < -0.3 is 15.3 Å². The fourth-order valence-corrected chi connectivity index (χ4v) is 1.75. The third-order valence-corrected chi connectivity index (χ3v) is 3.01. The Morgan fingerprint density at radius 2 is 2.30 bits per heavy atom. The Bertz CT molecular complexity index is 527. The van der Waals surface area contributed by atoms with E-state index >= 15 is 0 Å². The van der Waals surface area contributed by atoms with Gasteiger partial charge in [0.1, 0.15) is 11.6 Å². The van der Waals surface area contributed by atoms with Crippen molar-refractivity contribution < 1.29 is 19.1 Å². The average molecular weight is 280 g/mol. The Balaban J connectivity index is 1.92. The van der Waals surface area contributed by atoms with E-state index in [4.69, 9.17) is 9.94 Å². The van der Waals surface area contributed by atoms with Crippen molar-refractivity contribution in [3.05, 3.63) is 29.6 Å². The minimum absolute atomic E-state index is 0.0521. The Kier molecular flexibility index (Phi) is 4.55. The van der Waals surface area contributed by atoms with E-state index in [0.717, 1.165) is 12.8 Å². The molecule has 0 spiro atoms. The molecule has 1 saturated carbocycles. The normalized spacial score (nSPS) is 15.0. The smallest absolute Gasteiger partial charge is 0.223 e. The largest absolute Gasteiger partial charge is 0.492 e. The van der Waals surface area contributed by atoms with Gasteiger partial charge in [-0.1, -0.05) is 5.16 Å². The lowest BCUT2D eigenvalue weighted by Crippen LogP contribution is -2.26. The number of rotatable bonds is 6. The van der Waals surface area contributed by atoms with Crippen molar-refractivity contribution in [2.45, 2.75) is 32.2 Å². The van der Waals surface area contributed by atoms with Crippen LogP contribution in [-0.2, 0) is 4.79 Å². The quantitative estimate of drug-likeness (QED) is 0.476. The van der Waals surface area contributed by atoms with Crippen molar-refractivity contribution >= 4 is 11.6 Å². The SMILES string of the molecule is C/C(=N/O)c1cc(F)ccc1OCCC(=O)NC1CC1. The summed E-state index contributed by atoms with van der Waals surface area (Å²) in [5, 5.41) is 14.7. The van der Waals surface area contributed by atoms with Crippen LogP contribution >= 0.6 is 0 Å². The van der Waals surface area contributed by atoms with Crippen LogP contribution in [0.1, 0.15) is 31.7 Å². The fourth-order valence-electron chi connectivity index (χ4n) is 1.75. The molecule has 1 aliphatic carbocycles. The predicted molar refractivity (Wildman–Crippen MR) is 71.7 cm³/mol. The molecular weight excluding hydrogens is 263 g/mol. The zero-order valence-corrected chi connectivity index (χ0v) is 11.2. The van der Waals surface area contributed by atoms with Crippen LogP contribution in [0.25, 0.3) is 0 Å². The molecule has 0 aromatic heterocycles. The molecule has 1 aromatic carbocycles. The number of nitrogens with one attached hydrogen (secondary N) is 1. The highest BCUT2D eigenvalue weighted by Crippen LogP contribution is 2.21. The highest BCUT2D eigenvalue weighted by molar-refractivity contribution is 6.00. The summed E-state index contributed by atoms with van der Waals surface area (Å²) in [7, 11) is 0. The van der Waals surface area contributed by atoms with E-state index in [1.54, 1.807) is 6.92 Å². The minimum Gasteiger partial charge on any atom is -0.492 e. The summed E-state index contributed by atoms with van der Waals surface area (Å²) in [5.41, 5.74) is 0.622. The average Bonchev–Trinajstić information content (AvgIpc) is 3.23. The van der Waals surface area contributed by atoms with Crippen molar-refractivity contribution in [1.82, 2.24) is 5.32 Å². The van der Waals surface area contributed by atoms with Crippen LogP contribution in [-0.4, -0.2) is 29.5 Å². The van der Waals surface area contributed by atoms with Gasteiger partial charge in [0.25, 0.3) is 0 Å². The molecule has 0 radical (unpaired) electrons. The van der Waals surface area contributed by atoms with Crippen molar-refractivity contribution in [2.75, 3.05) is 6.61 Å². The van der Waals surface area contributed by atoms with Gasteiger partial charge in [0.2, 0.25) is 5.91 Å². The minimum atomic E-state index is -0.443.